The average Bonchev–Trinajstić information content (AvgIpc) is 3.09. The lowest BCUT2D eigenvalue weighted by Crippen LogP contribution is -2.60. The summed E-state index contributed by atoms with van der Waals surface area (Å²) in [6.45, 7) is 4.73. The number of benzene rings is 1. The molecule has 3 N–H and O–H groups in total. The number of piperazine rings is 1. The van der Waals surface area contributed by atoms with Crippen molar-refractivity contribution < 1.29 is 33.0 Å². The number of hydrogen-bond acceptors (Lipinski definition) is 10. The summed E-state index contributed by atoms with van der Waals surface area (Å²) in [5, 5.41) is 13.6. The van der Waals surface area contributed by atoms with Gasteiger partial charge in [0.2, 0.25) is 11.8 Å². The number of nitrogens with one attached hydrogen (secondary N) is 2. The highest BCUT2D eigenvalue weighted by molar-refractivity contribution is 6.33. The monoisotopic (exact) mass is 701 g/mol. The molecule has 3 aliphatic rings. The van der Waals surface area contributed by atoms with Gasteiger partial charge in [0.05, 0.1) is 42.9 Å². The fourth-order valence-corrected chi connectivity index (χ4v) is 5.97. The Labute approximate surface area is 287 Å². The highest BCUT2D eigenvalue weighted by atomic mass is 35.5. The van der Waals surface area contributed by atoms with Crippen LogP contribution in [0.3, 0.4) is 0 Å². The third kappa shape index (κ3) is 8.25. The number of aromatic nitrogens is 2. The number of alkyl halides is 2. The number of rotatable bonds is 9. The molecule has 17 heteroatoms. The second kappa shape index (κ2) is 15.2. The Kier molecular flexibility index (Phi) is 11.0. The first-order valence-corrected chi connectivity index (χ1v) is 16.1. The van der Waals surface area contributed by atoms with Crippen LogP contribution in [-0.4, -0.2) is 118 Å². The van der Waals surface area contributed by atoms with Gasteiger partial charge in [-0.15, -0.1) is 0 Å². The van der Waals surface area contributed by atoms with E-state index in [1.807, 2.05) is 11.8 Å². The van der Waals surface area contributed by atoms with E-state index in [1.54, 1.807) is 15.9 Å². The van der Waals surface area contributed by atoms with E-state index in [0.29, 0.717) is 63.6 Å². The Balaban J connectivity index is 1.40. The minimum absolute atomic E-state index is 0.0435. The number of aliphatic imine (C=N–C) groups is 1. The van der Waals surface area contributed by atoms with E-state index in [9.17, 15) is 28.3 Å². The van der Waals surface area contributed by atoms with E-state index < -0.39 is 11.8 Å². The molecule has 0 spiro atoms. The van der Waals surface area contributed by atoms with Crippen LogP contribution >= 0.6 is 11.6 Å². The van der Waals surface area contributed by atoms with Crippen LogP contribution in [0.15, 0.2) is 58.6 Å². The number of nitrogens with zero attached hydrogens (tertiary/aromatic N) is 7. The number of ether oxygens (including phenoxy) is 1. The Morgan fingerprint density at radius 3 is 2.47 bits per heavy atom. The van der Waals surface area contributed by atoms with Gasteiger partial charge < -0.3 is 29.9 Å². The van der Waals surface area contributed by atoms with Crippen LogP contribution in [0.5, 0.6) is 5.75 Å². The lowest BCUT2D eigenvalue weighted by molar-refractivity contribution is -0.137. The second-order valence-electron chi connectivity index (χ2n) is 11.6. The van der Waals surface area contributed by atoms with E-state index in [4.69, 9.17) is 16.3 Å². The summed E-state index contributed by atoms with van der Waals surface area (Å²) in [7, 11) is 1.49. The number of amidine groups is 1. The molecule has 1 fully saturated rings. The van der Waals surface area contributed by atoms with Gasteiger partial charge in [0, 0.05) is 63.4 Å². The maximum Gasteiger partial charge on any atom is 0.292 e. The molecule has 2 aromatic rings. The number of anilines is 1. The summed E-state index contributed by atoms with van der Waals surface area (Å²) in [5.74, 6) is -3.93. The summed E-state index contributed by atoms with van der Waals surface area (Å²) < 4.78 is 33.0. The van der Waals surface area contributed by atoms with Crippen LogP contribution < -0.4 is 10.7 Å². The molecule has 1 saturated heterocycles. The first kappa shape index (κ1) is 35.5. The van der Waals surface area contributed by atoms with Crippen LogP contribution in [-0.2, 0) is 25.0 Å². The highest BCUT2D eigenvalue weighted by Crippen LogP contribution is 2.33. The Bertz CT molecular complexity index is 1670. The molecule has 1 aromatic heterocycles. The number of halogens is 3. The Morgan fingerprint density at radius 1 is 1.16 bits per heavy atom. The van der Waals surface area contributed by atoms with Gasteiger partial charge in [0.15, 0.2) is 17.4 Å². The molecular weight excluding hydrogens is 664 g/mol. The number of carbonyl (C=O) groups excluding carboxylic acids is 3. The number of allylic oxidation sites excluding steroid dienone is 1. The molecule has 4 heterocycles. The molecule has 3 aliphatic heterocycles. The van der Waals surface area contributed by atoms with Crippen molar-refractivity contribution in [1.82, 2.24) is 35.1 Å². The van der Waals surface area contributed by atoms with Gasteiger partial charge >= 0.3 is 0 Å². The maximum absolute atomic E-state index is 14.2. The topological polar surface area (TPSA) is 156 Å². The van der Waals surface area contributed by atoms with Crippen LogP contribution in [0.1, 0.15) is 38.1 Å². The Hall–Kier alpha value is -4.83. The van der Waals surface area contributed by atoms with Crippen molar-refractivity contribution in [2.45, 2.75) is 32.6 Å². The highest BCUT2D eigenvalue weighted by Gasteiger charge is 2.38. The molecule has 0 radical (unpaired) electrons. The summed E-state index contributed by atoms with van der Waals surface area (Å²) >= 11 is 6.25. The molecule has 3 amide bonds. The van der Waals surface area contributed by atoms with Gasteiger partial charge in [0.1, 0.15) is 12.4 Å². The fourth-order valence-electron chi connectivity index (χ4n) is 5.74. The summed E-state index contributed by atoms with van der Waals surface area (Å²) in [6.07, 6.45) is 5.14. The maximum atomic E-state index is 14.2. The minimum atomic E-state index is -3.10. The SMILES string of the molecule is CCC1=C(N2CCN(C(=O)C3=CCOCC3)CC2)C(=O)N(NC(=NC)c2ncc(O)cn2)CN1CC(=O)Nc1ccc(C(C)(F)F)cc1Cl. The molecule has 262 valence electrons. The average molecular weight is 702 g/mol. The summed E-state index contributed by atoms with van der Waals surface area (Å²) in [4.78, 5) is 58.5. The zero-order chi connectivity index (χ0) is 35.3. The van der Waals surface area contributed by atoms with E-state index in [-0.39, 0.29) is 58.7 Å². The molecule has 5 rings (SSSR count). The van der Waals surface area contributed by atoms with Crippen molar-refractivity contribution in [3.63, 3.8) is 0 Å². The fraction of sp³-hybridized carbons (Fsp3) is 0.438. The zero-order valence-electron chi connectivity index (χ0n) is 27.4. The molecule has 0 unspecified atom stereocenters. The van der Waals surface area contributed by atoms with Gasteiger partial charge in [-0.1, -0.05) is 30.7 Å². The van der Waals surface area contributed by atoms with Gasteiger partial charge in [-0.25, -0.2) is 23.8 Å². The number of carbonyl (C=O) groups is 3. The molecule has 0 saturated carbocycles. The van der Waals surface area contributed by atoms with Crippen molar-refractivity contribution >= 4 is 40.8 Å². The molecular formula is C32H38ClF2N9O5. The first-order valence-electron chi connectivity index (χ1n) is 15.7. The number of hydrogen-bond donors (Lipinski definition) is 3. The predicted octanol–water partition coefficient (Wildman–Crippen LogP) is 2.68. The molecule has 1 aromatic carbocycles. The van der Waals surface area contributed by atoms with Gasteiger partial charge in [-0.05, 0) is 18.6 Å². The summed E-state index contributed by atoms with van der Waals surface area (Å²) in [6, 6.07) is 3.63. The quantitative estimate of drug-likeness (QED) is 0.263. The molecule has 0 bridgehead atoms. The Morgan fingerprint density at radius 2 is 1.88 bits per heavy atom. The van der Waals surface area contributed by atoms with Crippen LogP contribution in [0, 0.1) is 0 Å². The van der Waals surface area contributed by atoms with Gasteiger partial charge in [-0.3, -0.25) is 24.8 Å². The van der Waals surface area contributed by atoms with Gasteiger partial charge in [-0.2, -0.15) is 0 Å². The zero-order valence-corrected chi connectivity index (χ0v) is 28.1. The number of aromatic hydroxyl groups is 1. The van der Waals surface area contributed by atoms with Crippen LogP contribution in [0.4, 0.5) is 14.5 Å². The third-order valence-corrected chi connectivity index (χ3v) is 8.58. The molecule has 49 heavy (non-hydrogen) atoms. The molecule has 0 atom stereocenters. The minimum Gasteiger partial charge on any atom is -0.505 e. The normalized spacial score (nSPS) is 17.7. The van der Waals surface area contributed by atoms with Crippen molar-refractivity contribution in [2.75, 3.05) is 65.0 Å². The van der Waals surface area contributed by atoms with E-state index in [2.05, 4.69) is 25.7 Å². The largest absolute Gasteiger partial charge is 0.505 e. The van der Waals surface area contributed by atoms with Crippen LogP contribution in [0.25, 0.3) is 0 Å². The molecule has 14 nitrogen and oxygen atoms in total. The lowest BCUT2D eigenvalue weighted by Gasteiger charge is -2.44. The predicted molar refractivity (Wildman–Crippen MR) is 176 cm³/mol. The van der Waals surface area contributed by atoms with Crippen molar-refractivity contribution in [1.29, 1.82) is 0 Å². The number of amides is 3. The van der Waals surface area contributed by atoms with Crippen molar-refractivity contribution in [3.05, 3.63) is 70.0 Å². The van der Waals surface area contributed by atoms with E-state index in [1.165, 1.54) is 36.6 Å². The van der Waals surface area contributed by atoms with E-state index >= 15 is 0 Å². The number of hydrazine groups is 1. The van der Waals surface area contributed by atoms with Crippen molar-refractivity contribution in [3.8, 4) is 5.75 Å². The smallest absolute Gasteiger partial charge is 0.292 e. The standard InChI is InChI=1S/C32H38ClF2N9O5/c1-4-25-27(41-9-11-42(12-10-41)30(47)20-7-13-49-14-8-20)31(48)44(40-28(36-3)29-37-16-22(45)17-38-29)19-43(25)18-26(46)39-24-6-5-21(15-23(24)33)32(2,34)35/h5-7,15-17,45H,4,8-14,18-19H2,1-3H3,(H,36,40)(H,39,46). The first-order chi connectivity index (χ1) is 23.4. The summed E-state index contributed by atoms with van der Waals surface area (Å²) in [5.41, 5.74) is 4.52. The van der Waals surface area contributed by atoms with Crippen LogP contribution in [0.2, 0.25) is 5.02 Å². The second-order valence-corrected chi connectivity index (χ2v) is 12.0. The molecule has 0 aliphatic carbocycles. The van der Waals surface area contributed by atoms with Crippen molar-refractivity contribution in [2.24, 2.45) is 4.99 Å². The van der Waals surface area contributed by atoms with E-state index in [0.717, 1.165) is 18.6 Å². The lowest BCUT2D eigenvalue weighted by atomic mass is 10.1. The third-order valence-electron chi connectivity index (χ3n) is 8.27. The van der Waals surface area contributed by atoms with Gasteiger partial charge in [0.25, 0.3) is 11.8 Å².